The third-order valence-electron chi connectivity index (χ3n) is 7.03. The van der Waals surface area contributed by atoms with Gasteiger partial charge in [-0.15, -0.1) is 0 Å². The number of nitrogens with one attached hydrogen (secondary N) is 3. The average Bonchev–Trinajstić information content (AvgIpc) is 3.00. The number of hydrogen-bond donors (Lipinski definition) is 4. The van der Waals surface area contributed by atoms with Crippen molar-refractivity contribution in [3.63, 3.8) is 0 Å². The van der Waals surface area contributed by atoms with E-state index in [9.17, 15) is 23.9 Å². The first-order chi connectivity index (χ1) is 21.3. The zero-order chi connectivity index (χ0) is 30.9. The Kier molecular flexibility index (Phi) is 9.65. The first-order valence-electron chi connectivity index (χ1n) is 14.2. The highest BCUT2D eigenvalue weighted by molar-refractivity contribution is 6.01. The number of nitrogens with zero attached hydrogens (tertiary/aromatic N) is 1. The lowest BCUT2D eigenvalue weighted by Gasteiger charge is -2.29. The number of carbonyl (C=O) groups is 3. The maximum atomic E-state index is 13.3. The Labute approximate surface area is 253 Å². The summed E-state index contributed by atoms with van der Waals surface area (Å²) < 4.78 is 25.3. The van der Waals surface area contributed by atoms with Crippen molar-refractivity contribution in [2.45, 2.75) is 44.2 Å². The largest absolute Gasteiger partial charge is 0.490 e. The lowest BCUT2D eigenvalue weighted by molar-refractivity contribution is -0.115. The highest BCUT2D eigenvalue weighted by atomic mass is 19.1. The minimum absolute atomic E-state index is 0.0149. The van der Waals surface area contributed by atoms with Gasteiger partial charge < -0.3 is 30.5 Å². The predicted octanol–water partition coefficient (Wildman–Crippen LogP) is 6.40. The van der Waals surface area contributed by atoms with E-state index in [2.05, 4.69) is 20.9 Å². The van der Waals surface area contributed by atoms with Crippen molar-refractivity contribution >= 4 is 29.3 Å². The summed E-state index contributed by atoms with van der Waals surface area (Å²) in [6.07, 6.45) is 4.67. The highest BCUT2D eigenvalue weighted by Crippen LogP contribution is 2.27. The highest BCUT2D eigenvalue weighted by Gasteiger charge is 2.24. The van der Waals surface area contributed by atoms with E-state index in [1.807, 2.05) is 12.1 Å². The van der Waals surface area contributed by atoms with Crippen LogP contribution in [0.4, 0.5) is 20.6 Å². The van der Waals surface area contributed by atoms with Gasteiger partial charge in [-0.05, 0) is 85.8 Å². The molecular weight excluding hydrogens is 567 g/mol. The topological polar surface area (TPSA) is 139 Å². The third kappa shape index (κ3) is 8.54. The van der Waals surface area contributed by atoms with Crippen LogP contribution in [0.5, 0.6) is 17.4 Å². The molecule has 1 aromatic heterocycles. The Balaban J connectivity index is 1.04. The van der Waals surface area contributed by atoms with Gasteiger partial charge in [-0.1, -0.05) is 24.3 Å². The van der Waals surface area contributed by atoms with Gasteiger partial charge in [0.15, 0.2) is 0 Å². The summed E-state index contributed by atoms with van der Waals surface area (Å²) in [6, 6.07) is 22.2. The molecule has 0 atom stereocenters. The van der Waals surface area contributed by atoms with E-state index >= 15 is 0 Å². The number of aromatic nitrogens is 1. The number of aromatic carboxylic acids is 1. The van der Waals surface area contributed by atoms with Gasteiger partial charge in [0.05, 0.1) is 23.8 Å². The first-order valence-corrected chi connectivity index (χ1v) is 14.2. The fourth-order valence-electron chi connectivity index (χ4n) is 4.88. The zero-order valence-electron chi connectivity index (χ0n) is 23.7. The van der Waals surface area contributed by atoms with Crippen molar-refractivity contribution in [1.82, 2.24) is 10.3 Å². The van der Waals surface area contributed by atoms with Crippen LogP contribution in [-0.4, -0.2) is 40.1 Å². The van der Waals surface area contributed by atoms with E-state index in [4.69, 9.17) is 9.47 Å². The van der Waals surface area contributed by atoms with Crippen LogP contribution in [0.25, 0.3) is 0 Å². The van der Waals surface area contributed by atoms with E-state index in [-0.39, 0.29) is 41.8 Å². The second-order valence-corrected chi connectivity index (χ2v) is 10.4. The number of carboxylic acid groups (broad SMARTS) is 1. The summed E-state index contributed by atoms with van der Waals surface area (Å²) in [6.45, 7) is 0. The molecule has 0 unspecified atom stereocenters. The molecule has 1 saturated carbocycles. The molecule has 0 bridgehead atoms. The summed E-state index contributed by atoms with van der Waals surface area (Å²) >= 11 is 0. The number of ether oxygens (including phenoxy) is 2. The van der Waals surface area contributed by atoms with Gasteiger partial charge in [-0.25, -0.2) is 19.0 Å². The number of urea groups is 1. The summed E-state index contributed by atoms with van der Waals surface area (Å²) in [5.74, 6) is -0.262. The Hall–Kier alpha value is -5.45. The van der Waals surface area contributed by atoms with Crippen LogP contribution in [0.2, 0.25) is 0 Å². The van der Waals surface area contributed by atoms with Crippen LogP contribution in [-0.2, 0) is 11.2 Å². The van der Waals surface area contributed by atoms with Crippen LogP contribution in [0.1, 0.15) is 41.6 Å². The molecule has 10 nitrogen and oxygen atoms in total. The lowest BCUT2D eigenvalue weighted by atomic mass is 9.93. The van der Waals surface area contributed by atoms with Crippen molar-refractivity contribution in [1.29, 1.82) is 0 Å². The van der Waals surface area contributed by atoms with Gasteiger partial charge in [-0.2, -0.15) is 0 Å². The molecule has 3 amide bonds. The van der Waals surface area contributed by atoms with E-state index in [1.165, 1.54) is 30.5 Å². The van der Waals surface area contributed by atoms with E-state index in [0.717, 1.165) is 25.7 Å². The van der Waals surface area contributed by atoms with E-state index in [1.54, 1.807) is 48.5 Å². The van der Waals surface area contributed by atoms with E-state index < -0.39 is 11.8 Å². The number of amides is 3. The average molecular weight is 599 g/mol. The number of carbonyl (C=O) groups excluding carboxylic acids is 2. The molecular formula is C33H31FN4O6. The van der Waals surface area contributed by atoms with Crippen LogP contribution < -0.4 is 25.4 Å². The van der Waals surface area contributed by atoms with Crippen LogP contribution in [0.15, 0.2) is 91.1 Å². The van der Waals surface area contributed by atoms with Crippen molar-refractivity contribution in [3.05, 3.63) is 108 Å². The molecule has 0 radical (unpaired) electrons. The SMILES string of the molecule is O=C(Cc1ccc(Oc2ccc(OC3CCC(NC(=O)Nc4cccc(F)c4)CC3)cc2)nc1)Nc1ccccc1C(=O)O. The van der Waals surface area contributed by atoms with Gasteiger partial charge in [0.1, 0.15) is 17.3 Å². The lowest BCUT2D eigenvalue weighted by Crippen LogP contribution is -2.41. The molecule has 0 spiro atoms. The maximum absolute atomic E-state index is 13.3. The molecule has 3 aromatic carbocycles. The van der Waals surface area contributed by atoms with Gasteiger partial charge in [0.2, 0.25) is 11.8 Å². The minimum Gasteiger partial charge on any atom is -0.490 e. The monoisotopic (exact) mass is 598 g/mol. The Bertz CT molecular complexity index is 1610. The van der Waals surface area contributed by atoms with Crippen molar-refractivity contribution < 1.29 is 33.4 Å². The first kappa shape index (κ1) is 30.0. The van der Waals surface area contributed by atoms with Gasteiger partial charge in [0.25, 0.3) is 0 Å². The second-order valence-electron chi connectivity index (χ2n) is 10.4. The normalized spacial score (nSPS) is 15.9. The molecule has 1 aliphatic rings. The number of para-hydroxylation sites is 1. The van der Waals surface area contributed by atoms with Crippen molar-refractivity contribution in [2.24, 2.45) is 0 Å². The van der Waals surface area contributed by atoms with E-state index in [0.29, 0.717) is 28.6 Å². The Morgan fingerprint density at radius 2 is 1.61 bits per heavy atom. The molecule has 1 heterocycles. The quantitative estimate of drug-likeness (QED) is 0.166. The number of halogens is 1. The molecule has 11 heteroatoms. The fourth-order valence-corrected chi connectivity index (χ4v) is 4.88. The summed E-state index contributed by atoms with van der Waals surface area (Å²) in [5.41, 5.74) is 1.30. The molecule has 4 N–H and O–H groups in total. The molecule has 44 heavy (non-hydrogen) atoms. The summed E-state index contributed by atoms with van der Waals surface area (Å²) in [7, 11) is 0. The Morgan fingerprint density at radius 3 is 2.32 bits per heavy atom. The Morgan fingerprint density at radius 1 is 0.864 bits per heavy atom. The number of hydrogen-bond acceptors (Lipinski definition) is 6. The molecule has 1 fully saturated rings. The maximum Gasteiger partial charge on any atom is 0.337 e. The van der Waals surface area contributed by atoms with Crippen molar-refractivity contribution in [3.8, 4) is 17.4 Å². The number of pyridine rings is 1. The van der Waals surface area contributed by atoms with Gasteiger partial charge in [0, 0.05) is 24.0 Å². The number of anilines is 2. The van der Waals surface area contributed by atoms with Gasteiger partial charge >= 0.3 is 12.0 Å². The van der Waals surface area contributed by atoms with Crippen LogP contribution in [0, 0.1) is 5.82 Å². The molecule has 0 saturated heterocycles. The third-order valence-corrected chi connectivity index (χ3v) is 7.03. The standard InChI is InChI=1S/C33H31FN4O6/c34-22-4-3-5-24(19-22)37-33(42)36-23-9-11-25(12-10-23)43-26-13-15-27(16-14-26)44-31-17-8-21(20-35-31)18-30(39)38-29-7-2-1-6-28(29)32(40)41/h1-8,13-17,19-20,23,25H,9-12,18H2,(H,38,39)(H,40,41)(H2,36,37,42). The minimum atomic E-state index is -1.12. The number of rotatable bonds is 10. The number of carboxylic acids is 1. The van der Waals surface area contributed by atoms with Crippen LogP contribution in [0.3, 0.4) is 0 Å². The van der Waals surface area contributed by atoms with Crippen molar-refractivity contribution in [2.75, 3.05) is 10.6 Å². The predicted molar refractivity (Wildman–Crippen MR) is 162 cm³/mol. The molecule has 5 rings (SSSR count). The molecule has 0 aliphatic heterocycles. The molecule has 1 aliphatic carbocycles. The molecule has 226 valence electrons. The van der Waals surface area contributed by atoms with Crippen LogP contribution >= 0.6 is 0 Å². The number of benzene rings is 3. The smallest absolute Gasteiger partial charge is 0.337 e. The summed E-state index contributed by atoms with van der Waals surface area (Å²) in [4.78, 5) is 40.3. The summed E-state index contributed by atoms with van der Waals surface area (Å²) in [5, 5.41) is 17.5. The second kappa shape index (κ2) is 14.1. The fraction of sp³-hybridized carbons (Fsp3) is 0.212. The zero-order valence-corrected chi connectivity index (χ0v) is 23.7. The van der Waals surface area contributed by atoms with Gasteiger partial charge in [-0.3, -0.25) is 4.79 Å². The molecule has 4 aromatic rings.